The van der Waals surface area contributed by atoms with Crippen molar-refractivity contribution >= 4 is 5.97 Å². The Labute approximate surface area is 67.1 Å². The summed E-state index contributed by atoms with van der Waals surface area (Å²) in [5.41, 5.74) is 0. The number of carbonyl (C=O) groups excluding carboxylic acids is 1. The molecule has 1 atom stereocenters. The summed E-state index contributed by atoms with van der Waals surface area (Å²) in [6.45, 7) is 3.48. The second-order valence-electron chi connectivity index (χ2n) is 2.00. The SMILES string of the molecule is COC(C)=O.COCC(C)O. The first-order valence-electron chi connectivity index (χ1n) is 3.26. The Morgan fingerprint density at radius 1 is 1.55 bits per heavy atom. The number of hydrogen-bond donors (Lipinski definition) is 1. The van der Waals surface area contributed by atoms with Crippen molar-refractivity contribution in [2.45, 2.75) is 20.0 Å². The smallest absolute Gasteiger partial charge is 0.302 e. The molecule has 0 amide bonds. The van der Waals surface area contributed by atoms with Crippen molar-refractivity contribution in [2.75, 3.05) is 20.8 Å². The van der Waals surface area contributed by atoms with E-state index >= 15 is 0 Å². The summed E-state index contributed by atoms with van der Waals surface area (Å²) in [5.74, 6) is -0.245. The van der Waals surface area contributed by atoms with Gasteiger partial charge >= 0.3 is 5.97 Å². The molecule has 0 spiro atoms. The number of rotatable bonds is 2. The molecule has 0 aromatic carbocycles. The summed E-state index contributed by atoms with van der Waals surface area (Å²) < 4.78 is 8.66. The summed E-state index contributed by atoms with van der Waals surface area (Å²) >= 11 is 0. The minimum atomic E-state index is -0.324. The lowest BCUT2D eigenvalue weighted by molar-refractivity contribution is -0.137. The van der Waals surface area contributed by atoms with Crippen LogP contribution >= 0.6 is 0 Å². The Balaban J connectivity index is 0. The van der Waals surface area contributed by atoms with E-state index in [0.29, 0.717) is 6.61 Å². The van der Waals surface area contributed by atoms with Gasteiger partial charge in [-0.15, -0.1) is 0 Å². The Morgan fingerprint density at radius 3 is 1.91 bits per heavy atom. The Morgan fingerprint density at radius 2 is 1.91 bits per heavy atom. The molecule has 0 aliphatic carbocycles. The zero-order valence-electron chi connectivity index (χ0n) is 7.46. The van der Waals surface area contributed by atoms with Crippen molar-refractivity contribution in [3.63, 3.8) is 0 Å². The van der Waals surface area contributed by atoms with Gasteiger partial charge in [0.1, 0.15) is 0 Å². The van der Waals surface area contributed by atoms with Crippen molar-refractivity contribution in [3.8, 4) is 0 Å². The molecule has 4 nitrogen and oxygen atoms in total. The zero-order chi connectivity index (χ0) is 9.28. The van der Waals surface area contributed by atoms with Crippen LogP contribution < -0.4 is 0 Å². The highest BCUT2D eigenvalue weighted by Crippen LogP contribution is 1.75. The van der Waals surface area contributed by atoms with Gasteiger partial charge in [0, 0.05) is 14.0 Å². The molecule has 0 aliphatic rings. The van der Waals surface area contributed by atoms with Crippen molar-refractivity contribution in [1.29, 1.82) is 0 Å². The maximum atomic E-state index is 9.59. The average molecular weight is 164 g/mol. The van der Waals surface area contributed by atoms with Crippen LogP contribution in [0.3, 0.4) is 0 Å². The van der Waals surface area contributed by atoms with Crippen molar-refractivity contribution in [2.24, 2.45) is 0 Å². The molecule has 0 bridgehead atoms. The number of esters is 1. The van der Waals surface area contributed by atoms with E-state index in [1.54, 1.807) is 14.0 Å². The number of aliphatic hydroxyl groups excluding tert-OH is 1. The normalized spacial score (nSPS) is 11.0. The molecule has 11 heavy (non-hydrogen) atoms. The molecule has 0 radical (unpaired) electrons. The van der Waals surface area contributed by atoms with Crippen molar-refractivity contribution < 1.29 is 19.4 Å². The van der Waals surface area contributed by atoms with Crippen LogP contribution in [-0.2, 0) is 14.3 Å². The number of methoxy groups -OCH3 is 2. The molecule has 0 aromatic rings. The Bertz CT molecular complexity index is 90.4. The number of hydrogen-bond acceptors (Lipinski definition) is 4. The van der Waals surface area contributed by atoms with Crippen LogP contribution in [0.2, 0.25) is 0 Å². The molecule has 0 fully saturated rings. The topological polar surface area (TPSA) is 55.8 Å². The van der Waals surface area contributed by atoms with E-state index in [-0.39, 0.29) is 12.1 Å². The first kappa shape index (κ1) is 13.0. The van der Waals surface area contributed by atoms with E-state index < -0.39 is 0 Å². The van der Waals surface area contributed by atoms with E-state index in [0.717, 1.165) is 0 Å². The third kappa shape index (κ3) is 26.6. The fraction of sp³-hybridized carbons (Fsp3) is 0.857. The van der Waals surface area contributed by atoms with Gasteiger partial charge in [0.2, 0.25) is 0 Å². The van der Waals surface area contributed by atoms with E-state index in [4.69, 9.17) is 5.11 Å². The molecule has 0 aliphatic heterocycles. The first-order valence-corrected chi connectivity index (χ1v) is 3.26. The molecule has 0 heterocycles. The minimum absolute atomic E-state index is 0.245. The highest BCUT2D eigenvalue weighted by molar-refractivity contribution is 5.65. The minimum Gasteiger partial charge on any atom is -0.469 e. The lowest BCUT2D eigenvalue weighted by Crippen LogP contribution is -2.07. The highest BCUT2D eigenvalue weighted by Gasteiger charge is 1.87. The summed E-state index contributed by atoms with van der Waals surface area (Å²) in [5, 5.41) is 8.43. The van der Waals surface area contributed by atoms with Gasteiger partial charge in [-0.2, -0.15) is 0 Å². The fourth-order valence-corrected chi connectivity index (χ4v) is 0.241. The van der Waals surface area contributed by atoms with Crippen LogP contribution in [0.4, 0.5) is 0 Å². The van der Waals surface area contributed by atoms with Gasteiger partial charge < -0.3 is 14.6 Å². The van der Waals surface area contributed by atoms with Gasteiger partial charge in [-0.3, -0.25) is 4.79 Å². The maximum absolute atomic E-state index is 9.59. The van der Waals surface area contributed by atoms with Crippen molar-refractivity contribution in [3.05, 3.63) is 0 Å². The van der Waals surface area contributed by atoms with E-state index in [1.807, 2.05) is 0 Å². The van der Waals surface area contributed by atoms with Gasteiger partial charge in [-0.05, 0) is 6.92 Å². The molecule has 0 rings (SSSR count). The maximum Gasteiger partial charge on any atom is 0.302 e. The van der Waals surface area contributed by atoms with Crippen molar-refractivity contribution in [1.82, 2.24) is 0 Å². The summed E-state index contributed by atoms with van der Waals surface area (Å²) in [6, 6.07) is 0. The first-order chi connectivity index (χ1) is 5.04. The van der Waals surface area contributed by atoms with Gasteiger partial charge in [0.25, 0.3) is 0 Å². The van der Waals surface area contributed by atoms with Crippen LogP contribution in [0.15, 0.2) is 0 Å². The van der Waals surface area contributed by atoms with Gasteiger partial charge in [-0.25, -0.2) is 0 Å². The molecule has 0 aromatic heterocycles. The molecule has 1 unspecified atom stereocenters. The quantitative estimate of drug-likeness (QED) is 0.592. The molecule has 0 saturated heterocycles. The van der Waals surface area contributed by atoms with Crippen LogP contribution in [0, 0.1) is 0 Å². The summed E-state index contributed by atoms with van der Waals surface area (Å²) in [4.78, 5) is 9.59. The van der Waals surface area contributed by atoms with Gasteiger partial charge in [0.05, 0.1) is 19.8 Å². The molecule has 0 saturated carbocycles. The van der Waals surface area contributed by atoms with Gasteiger partial charge in [-0.1, -0.05) is 0 Å². The van der Waals surface area contributed by atoms with Crippen LogP contribution in [0.1, 0.15) is 13.8 Å². The number of ether oxygens (including phenoxy) is 2. The second kappa shape index (κ2) is 9.39. The standard InChI is InChI=1S/C4H10O2.C3H6O2/c1-4(5)3-6-2;1-3(4)5-2/h4-5H,3H2,1-2H3;1-2H3. The molecule has 4 heteroatoms. The predicted octanol–water partition coefficient (Wildman–Crippen LogP) is 0.193. The average Bonchev–Trinajstić information content (AvgIpc) is 1.89. The summed E-state index contributed by atoms with van der Waals surface area (Å²) in [6.07, 6.45) is -0.324. The molecule has 1 N–H and O–H groups in total. The molecular weight excluding hydrogens is 148 g/mol. The summed E-state index contributed by atoms with van der Waals surface area (Å²) in [7, 11) is 2.91. The fourth-order valence-electron chi connectivity index (χ4n) is 0.241. The highest BCUT2D eigenvalue weighted by atomic mass is 16.5. The third-order valence-electron chi connectivity index (χ3n) is 0.695. The molecule has 68 valence electrons. The predicted molar refractivity (Wildman–Crippen MR) is 41.2 cm³/mol. The third-order valence-corrected chi connectivity index (χ3v) is 0.695. The molecular formula is C7H16O4. The van der Waals surface area contributed by atoms with E-state index in [9.17, 15) is 4.79 Å². The van der Waals surface area contributed by atoms with E-state index in [2.05, 4.69) is 9.47 Å². The van der Waals surface area contributed by atoms with Crippen LogP contribution in [-0.4, -0.2) is 38.0 Å². The Hall–Kier alpha value is -0.610. The Kier molecular flexibility index (Phi) is 11.1. The van der Waals surface area contributed by atoms with Gasteiger partial charge in [0.15, 0.2) is 0 Å². The largest absolute Gasteiger partial charge is 0.469 e. The van der Waals surface area contributed by atoms with Crippen LogP contribution in [0.25, 0.3) is 0 Å². The monoisotopic (exact) mass is 164 g/mol. The number of aliphatic hydroxyl groups is 1. The zero-order valence-corrected chi connectivity index (χ0v) is 7.46. The second-order valence-corrected chi connectivity index (χ2v) is 2.00. The lowest BCUT2D eigenvalue weighted by atomic mass is 10.5. The van der Waals surface area contributed by atoms with E-state index in [1.165, 1.54) is 14.0 Å². The van der Waals surface area contributed by atoms with Crippen LogP contribution in [0.5, 0.6) is 0 Å². The number of carbonyl (C=O) groups is 1. The lowest BCUT2D eigenvalue weighted by Gasteiger charge is -1.97.